The van der Waals surface area contributed by atoms with Crippen molar-refractivity contribution >= 4 is 23.7 Å². The summed E-state index contributed by atoms with van der Waals surface area (Å²) >= 11 is 5.00. The molecule has 1 heterocycles. The Morgan fingerprint density at radius 2 is 2.00 bits per heavy atom. The molecular weight excluding hydrogens is 492 g/mol. The van der Waals surface area contributed by atoms with Gasteiger partial charge in [0.2, 0.25) is 0 Å². The molecule has 2 N–H and O–H groups in total. The zero-order chi connectivity index (χ0) is 27.4. The summed E-state index contributed by atoms with van der Waals surface area (Å²) in [5, 5.41) is 18.6. The fourth-order valence-corrected chi connectivity index (χ4v) is 8.23. The molecule has 37 heavy (non-hydrogen) atoms. The van der Waals surface area contributed by atoms with Crippen LogP contribution in [-0.4, -0.2) is 47.0 Å². The Bertz CT molecular complexity index is 986. The monoisotopic (exact) mass is 534 g/mol. The molecule has 7 unspecified atom stereocenters. The fraction of sp³-hybridized carbons (Fsp3) is 0.667. The van der Waals surface area contributed by atoms with Crippen LogP contribution in [0.1, 0.15) is 65.6 Å². The standard InChI is InChI=1S/C27H34O5.C2H5Cl.CH4O/c1-4-26-10-9-19(29)13-18(26)7-8-21-22-12-17(2)27(16-28,32-15-20-6-5-11-31-20)25(22,3)14-23(30)24(21)26;1-2-3;1-2/h5-6,9-11,13,16-17,21-24,30H,4,7-8,12,14-15H2,1-3H3;2H2,1H3;2H,1H3/t17-,21?,22?,23?,24?,25?,26?,27?;;/m1../s1. The maximum atomic E-state index is 12.7. The highest BCUT2D eigenvalue weighted by atomic mass is 35.5. The van der Waals surface area contributed by atoms with E-state index in [0.717, 1.165) is 45.0 Å². The van der Waals surface area contributed by atoms with Gasteiger partial charge in [-0.25, -0.2) is 0 Å². The van der Waals surface area contributed by atoms with Gasteiger partial charge in [-0.3, -0.25) is 4.79 Å². The van der Waals surface area contributed by atoms with Gasteiger partial charge in [-0.15, -0.1) is 11.6 Å². The van der Waals surface area contributed by atoms with Crippen LogP contribution in [0.4, 0.5) is 0 Å². The highest BCUT2D eigenvalue weighted by Gasteiger charge is 2.69. The number of ether oxygens (including phenoxy) is 1. The summed E-state index contributed by atoms with van der Waals surface area (Å²) in [6.07, 6.45) is 11.8. The van der Waals surface area contributed by atoms with Gasteiger partial charge in [-0.05, 0) is 74.1 Å². The van der Waals surface area contributed by atoms with Crippen LogP contribution >= 0.6 is 11.6 Å². The van der Waals surface area contributed by atoms with E-state index in [1.54, 1.807) is 18.4 Å². The Balaban J connectivity index is 0.000000711. The zero-order valence-electron chi connectivity index (χ0n) is 22.8. The highest BCUT2D eigenvalue weighted by molar-refractivity contribution is 6.17. The SMILES string of the molecule is CCC12C=CC(=O)C=C1CCC1C2C(O)CC2(C)C1C[C@@H](C)C2(C=O)OCc1ccco1.CCCl.CO. The Morgan fingerprint density at radius 1 is 1.30 bits per heavy atom. The first-order valence-corrected chi connectivity index (χ1v) is 14.0. The van der Waals surface area contributed by atoms with Crippen LogP contribution in [0.5, 0.6) is 0 Å². The van der Waals surface area contributed by atoms with Gasteiger partial charge < -0.3 is 24.2 Å². The molecule has 0 saturated heterocycles. The lowest BCUT2D eigenvalue weighted by Gasteiger charge is -2.60. The topological polar surface area (TPSA) is 97.0 Å². The first kappa shape index (κ1) is 29.8. The molecule has 0 aliphatic heterocycles. The molecule has 0 aromatic carbocycles. The van der Waals surface area contributed by atoms with Crippen molar-refractivity contribution in [2.45, 2.75) is 78.1 Å². The summed E-state index contributed by atoms with van der Waals surface area (Å²) in [7, 11) is 1.00. The third-order valence-corrected chi connectivity index (χ3v) is 9.67. The van der Waals surface area contributed by atoms with E-state index in [-0.39, 0.29) is 41.5 Å². The molecule has 1 aromatic heterocycles. The number of halogens is 1. The molecule has 5 rings (SSSR count). The van der Waals surface area contributed by atoms with Crippen molar-refractivity contribution in [2.24, 2.45) is 34.5 Å². The summed E-state index contributed by atoms with van der Waals surface area (Å²) in [4.78, 5) is 24.8. The molecule has 3 saturated carbocycles. The quantitative estimate of drug-likeness (QED) is 0.382. The van der Waals surface area contributed by atoms with Crippen LogP contribution in [-0.2, 0) is 20.9 Å². The number of furan rings is 1. The third-order valence-electron chi connectivity index (χ3n) is 9.67. The van der Waals surface area contributed by atoms with Gasteiger partial charge in [0.25, 0.3) is 0 Å². The number of hydrogen-bond acceptors (Lipinski definition) is 6. The number of aliphatic hydroxyl groups is 2. The predicted molar refractivity (Wildman–Crippen MR) is 144 cm³/mol. The molecule has 0 spiro atoms. The van der Waals surface area contributed by atoms with E-state index >= 15 is 0 Å². The number of aldehydes is 1. The van der Waals surface area contributed by atoms with Gasteiger partial charge in [0.05, 0.1) is 12.4 Å². The highest BCUT2D eigenvalue weighted by Crippen LogP contribution is 2.69. The molecule has 0 bridgehead atoms. The molecule has 4 aliphatic rings. The first-order valence-electron chi connectivity index (χ1n) is 13.5. The summed E-state index contributed by atoms with van der Waals surface area (Å²) in [5.74, 6) is 2.16. The van der Waals surface area contributed by atoms with Crippen molar-refractivity contribution in [1.29, 1.82) is 0 Å². The zero-order valence-corrected chi connectivity index (χ0v) is 23.5. The third kappa shape index (κ3) is 4.80. The van der Waals surface area contributed by atoms with Crippen molar-refractivity contribution in [1.82, 2.24) is 0 Å². The number of hydrogen-bond donors (Lipinski definition) is 2. The minimum atomic E-state index is -0.954. The van der Waals surface area contributed by atoms with E-state index < -0.39 is 17.1 Å². The van der Waals surface area contributed by atoms with Gasteiger partial charge in [0, 0.05) is 29.7 Å². The smallest absolute Gasteiger partial charge is 0.178 e. The number of ketones is 1. The van der Waals surface area contributed by atoms with E-state index in [1.165, 1.54) is 5.57 Å². The molecule has 7 heteroatoms. The van der Waals surface area contributed by atoms with Crippen LogP contribution in [0.25, 0.3) is 0 Å². The Morgan fingerprint density at radius 3 is 2.59 bits per heavy atom. The van der Waals surface area contributed by atoms with Crippen LogP contribution < -0.4 is 0 Å². The van der Waals surface area contributed by atoms with E-state index in [9.17, 15) is 14.7 Å². The van der Waals surface area contributed by atoms with Gasteiger partial charge in [-0.2, -0.15) is 0 Å². The van der Waals surface area contributed by atoms with Crippen molar-refractivity contribution in [3.05, 3.63) is 48.0 Å². The summed E-state index contributed by atoms with van der Waals surface area (Å²) < 4.78 is 11.9. The van der Waals surface area contributed by atoms with Crippen LogP contribution in [0.2, 0.25) is 0 Å². The lowest BCUT2D eigenvalue weighted by molar-refractivity contribution is -0.195. The van der Waals surface area contributed by atoms with Crippen LogP contribution in [0.3, 0.4) is 0 Å². The fourth-order valence-electron chi connectivity index (χ4n) is 8.23. The number of rotatable bonds is 5. The van der Waals surface area contributed by atoms with Gasteiger partial charge in [0.1, 0.15) is 18.0 Å². The Labute approximate surface area is 226 Å². The average Bonchev–Trinajstić information content (AvgIpc) is 3.48. The number of carbonyl (C=O) groups is 2. The predicted octanol–water partition coefficient (Wildman–Crippen LogP) is 5.50. The number of fused-ring (bicyclic) bond motifs is 5. The second kappa shape index (κ2) is 12.0. The van der Waals surface area contributed by atoms with Gasteiger partial charge in [0.15, 0.2) is 12.1 Å². The number of alkyl halides is 1. The Hall–Kier alpha value is -1.73. The van der Waals surface area contributed by atoms with Crippen molar-refractivity contribution in [3.63, 3.8) is 0 Å². The van der Waals surface area contributed by atoms with Crippen molar-refractivity contribution in [3.8, 4) is 0 Å². The van der Waals surface area contributed by atoms with E-state index in [4.69, 9.17) is 25.9 Å². The van der Waals surface area contributed by atoms with E-state index in [0.29, 0.717) is 12.2 Å². The lowest BCUT2D eigenvalue weighted by Crippen LogP contribution is -2.61. The lowest BCUT2D eigenvalue weighted by atomic mass is 9.45. The summed E-state index contributed by atoms with van der Waals surface area (Å²) in [6, 6.07) is 3.68. The minimum Gasteiger partial charge on any atom is -0.467 e. The number of aliphatic hydroxyl groups excluding tert-OH is 2. The van der Waals surface area contributed by atoms with Crippen molar-refractivity contribution < 1.29 is 29.0 Å². The largest absolute Gasteiger partial charge is 0.467 e. The second-order valence-corrected chi connectivity index (χ2v) is 11.5. The summed E-state index contributed by atoms with van der Waals surface area (Å²) in [5.41, 5.74) is -0.490. The maximum absolute atomic E-state index is 12.7. The second-order valence-electron chi connectivity index (χ2n) is 11.0. The van der Waals surface area contributed by atoms with Gasteiger partial charge in [-0.1, -0.05) is 39.3 Å². The molecule has 0 radical (unpaired) electrons. The normalized spacial score (nSPS) is 39.6. The first-order chi connectivity index (χ1) is 17.7. The molecule has 8 atom stereocenters. The molecule has 1 aromatic rings. The summed E-state index contributed by atoms with van der Waals surface area (Å²) in [6.45, 7) is 8.57. The van der Waals surface area contributed by atoms with Crippen molar-refractivity contribution in [2.75, 3.05) is 13.0 Å². The molecule has 4 aliphatic carbocycles. The average molecular weight is 535 g/mol. The number of allylic oxidation sites excluding steroid dienone is 4. The van der Waals surface area contributed by atoms with Gasteiger partial charge >= 0.3 is 0 Å². The molecule has 3 fully saturated rings. The van der Waals surface area contributed by atoms with E-state index in [2.05, 4.69) is 26.8 Å². The van der Waals surface area contributed by atoms with E-state index in [1.807, 2.05) is 19.1 Å². The van der Waals surface area contributed by atoms with Crippen LogP contribution in [0, 0.1) is 34.5 Å². The molecular formula is C30H43ClO6. The molecule has 0 amide bonds. The van der Waals surface area contributed by atoms with Crippen LogP contribution in [0.15, 0.2) is 46.6 Å². The molecule has 206 valence electrons. The molecule has 6 nitrogen and oxygen atoms in total. The Kier molecular flexibility index (Phi) is 9.66. The number of carbonyl (C=O) groups excluding carboxylic acids is 2. The maximum Gasteiger partial charge on any atom is 0.178 e. The minimum absolute atomic E-state index is 0.0499.